The Bertz CT molecular complexity index is 91.0. The van der Waals surface area contributed by atoms with Crippen LogP contribution in [-0.2, 0) is 14.3 Å². The molecular formula is C5H8O4. The number of aldehydes is 1. The molecule has 0 spiro atoms. The largest absolute Gasteiger partial charge is 0.457 e. The number of carbonyl (C=O) groups is 2. The maximum atomic E-state index is 9.89. The Morgan fingerprint density at radius 1 is 1.56 bits per heavy atom. The van der Waals surface area contributed by atoms with Crippen LogP contribution >= 0.6 is 0 Å². The summed E-state index contributed by atoms with van der Waals surface area (Å²) in [6.45, 7) is 0.0337. The fourth-order valence-electron chi connectivity index (χ4n) is 0.367. The molecule has 0 aliphatic carbocycles. The highest BCUT2D eigenvalue weighted by molar-refractivity contribution is 5.58. The molecule has 0 saturated heterocycles. The highest BCUT2D eigenvalue weighted by atomic mass is 16.5. The van der Waals surface area contributed by atoms with Crippen molar-refractivity contribution in [3.8, 4) is 0 Å². The van der Waals surface area contributed by atoms with E-state index in [0.29, 0.717) is 6.29 Å². The topological polar surface area (TPSA) is 63.6 Å². The lowest BCUT2D eigenvalue weighted by Gasteiger charge is -2.03. The number of hydrogen-bond acceptors (Lipinski definition) is 4. The van der Waals surface area contributed by atoms with Crippen molar-refractivity contribution < 1.29 is 19.4 Å². The number of aliphatic hydroxyl groups is 1. The predicted octanol–water partition coefficient (Wildman–Crippen LogP) is -0.891. The maximum Gasteiger partial charge on any atom is 0.293 e. The predicted molar refractivity (Wildman–Crippen MR) is 28.7 cm³/mol. The molecule has 1 atom stereocenters. The van der Waals surface area contributed by atoms with Crippen LogP contribution in [0.15, 0.2) is 0 Å². The fourth-order valence-corrected chi connectivity index (χ4v) is 0.367. The molecule has 0 heterocycles. The summed E-state index contributed by atoms with van der Waals surface area (Å²) < 4.78 is 4.22. The average molecular weight is 132 g/mol. The molecule has 0 aromatic carbocycles. The van der Waals surface area contributed by atoms with Gasteiger partial charge < -0.3 is 9.84 Å². The Kier molecular flexibility index (Phi) is 4.72. The molecule has 0 radical (unpaired) electrons. The van der Waals surface area contributed by atoms with Crippen molar-refractivity contribution in [2.45, 2.75) is 12.5 Å². The quantitative estimate of drug-likeness (QED) is 0.493. The van der Waals surface area contributed by atoms with Crippen molar-refractivity contribution in [1.82, 2.24) is 0 Å². The summed E-state index contributed by atoms with van der Waals surface area (Å²) in [7, 11) is 0. The van der Waals surface area contributed by atoms with E-state index in [0.717, 1.165) is 0 Å². The van der Waals surface area contributed by atoms with Crippen molar-refractivity contribution in [2.75, 3.05) is 6.61 Å². The maximum absolute atomic E-state index is 9.89. The Morgan fingerprint density at radius 2 is 2.22 bits per heavy atom. The molecule has 4 heteroatoms. The van der Waals surface area contributed by atoms with E-state index < -0.39 is 6.10 Å². The van der Waals surface area contributed by atoms with E-state index in [1.807, 2.05) is 0 Å². The molecule has 0 aromatic heterocycles. The Hall–Kier alpha value is -0.900. The lowest BCUT2D eigenvalue weighted by Crippen LogP contribution is -2.14. The van der Waals surface area contributed by atoms with Crippen molar-refractivity contribution in [3.05, 3.63) is 0 Å². The summed E-state index contributed by atoms with van der Waals surface area (Å²) in [5, 5.41) is 8.24. The summed E-state index contributed by atoms with van der Waals surface area (Å²) in [5.74, 6) is 0. The van der Waals surface area contributed by atoms with Crippen molar-refractivity contribution in [1.29, 1.82) is 0 Å². The van der Waals surface area contributed by atoms with Crippen LogP contribution in [0.5, 0.6) is 0 Å². The van der Waals surface area contributed by atoms with Gasteiger partial charge in [-0.15, -0.1) is 0 Å². The fraction of sp³-hybridized carbons (Fsp3) is 0.600. The molecule has 0 rings (SSSR count). The van der Waals surface area contributed by atoms with Gasteiger partial charge in [-0.05, 0) is 0 Å². The van der Waals surface area contributed by atoms with Gasteiger partial charge in [0.15, 0.2) is 12.4 Å². The summed E-state index contributed by atoms with van der Waals surface area (Å²) >= 11 is 0. The summed E-state index contributed by atoms with van der Waals surface area (Å²) in [5.41, 5.74) is 0. The number of aliphatic hydroxyl groups excluding tert-OH is 1. The molecular weight excluding hydrogens is 124 g/mol. The normalized spacial score (nSPS) is 12.1. The third kappa shape index (κ3) is 3.66. The SMILES string of the molecule is O=COC(C=O)CCO. The minimum Gasteiger partial charge on any atom is -0.457 e. The van der Waals surface area contributed by atoms with Gasteiger partial charge in [-0.1, -0.05) is 0 Å². The first-order valence-corrected chi connectivity index (χ1v) is 2.50. The first kappa shape index (κ1) is 8.10. The molecule has 0 aliphatic heterocycles. The third-order valence-electron chi connectivity index (χ3n) is 0.796. The smallest absolute Gasteiger partial charge is 0.293 e. The minimum absolute atomic E-state index is 0.156. The van der Waals surface area contributed by atoms with E-state index >= 15 is 0 Å². The van der Waals surface area contributed by atoms with Crippen LogP contribution in [0.2, 0.25) is 0 Å². The second kappa shape index (κ2) is 5.24. The molecule has 4 nitrogen and oxygen atoms in total. The van der Waals surface area contributed by atoms with E-state index in [4.69, 9.17) is 5.11 Å². The highest BCUT2D eigenvalue weighted by Gasteiger charge is 2.04. The van der Waals surface area contributed by atoms with Gasteiger partial charge in [-0.2, -0.15) is 0 Å². The monoisotopic (exact) mass is 132 g/mol. The van der Waals surface area contributed by atoms with E-state index in [1.165, 1.54) is 0 Å². The van der Waals surface area contributed by atoms with Gasteiger partial charge in [-0.3, -0.25) is 9.59 Å². The molecule has 1 unspecified atom stereocenters. The molecule has 0 aromatic rings. The Morgan fingerprint density at radius 3 is 2.56 bits per heavy atom. The van der Waals surface area contributed by atoms with Gasteiger partial charge in [0.05, 0.1) is 0 Å². The van der Waals surface area contributed by atoms with E-state index in [9.17, 15) is 9.59 Å². The van der Waals surface area contributed by atoms with E-state index in [2.05, 4.69) is 4.74 Å². The molecule has 1 N–H and O–H groups in total. The standard InChI is InChI=1S/C5H8O4/c6-2-1-5(3-7)9-4-8/h3-6H,1-2H2. The van der Waals surface area contributed by atoms with E-state index in [1.54, 1.807) is 0 Å². The summed E-state index contributed by atoms with van der Waals surface area (Å²) in [6, 6.07) is 0. The van der Waals surface area contributed by atoms with Crippen molar-refractivity contribution >= 4 is 12.8 Å². The van der Waals surface area contributed by atoms with Crippen molar-refractivity contribution in [3.63, 3.8) is 0 Å². The minimum atomic E-state index is -0.785. The number of ether oxygens (including phenoxy) is 1. The molecule has 52 valence electrons. The average Bonchev–Trinajstić information content (AvgIpc) is 1.88. The van der Waals surface area contributed by atoms with Crippen molar-refractivity contribution in [2.24, 2.45) is 0 Å². The molecule has 9 heavy (non-hydrogen) atoms. The zero-order valence-electron chi connectivity index (χ0n) is 4.82. The Labute approximate surface area is 52.4 Å². The van der Waals surface area contributed by atoms with Gasteiger partial charge in [0.2, 0.25) is 0 Å². The van der Waals surface area contributed by atoms with Crippen LogP contribution in [-0.4, -0.2) is 30.6 Å². The summed E-state index contributed by atoms with van der Waals surface area (Å²) in [6.07, 6.45) is -0.139. The molecule has 0 saturated carbocycles. The molecule has 0 bridgehead atoms. The van der Waals surface area contributed by atoms with Crippen LogP contribution in [0.25, 0.3) is 0 Å². The number of hydrogen-bond donors (Lipinski definition) is 1. The van der Waals surface area contributed by atoms with Gasteiger partial charge in [-0.25, -0.2) is 0 Å². The van der Waals surface area contributed by atoms with Gasteiger partial charge in [0.1, 0.15) is 0 Å². The zero-order valence-corrected chi connectivity index (χ0v) is 4.82. The second-order valence-corrected chi connectivity index (χ2v) is 1.42. The first-order valence-electron chi connectivity index (χ1n) is 2.50. The van der Waals surface area contributed by atoms with Gasteiger partial charge >= 0.3 is 0 Å². The third-order valence-corrected chi connectivity index (χ3v) is 0.796. The molecule has 0 fully saturated rings. The number of rotatable bonds is 5. The molecule has 0 aliphatic rings. The lowest BCUT2D eigenvalue weighted by atomic mass is 10.3. The summed E-state index contributed by atoms with van der Waals surface area (Å²) in [4.78, 5) is 19.5. The van der Waals surface area contributed by atoms with E-state index in [-0.39, 0.29) is 19.5 Å². The highest BCUT2D eigenvalue weighted by Crippen LogP contribution is 1.89. The van der Waals surface area contributed by atoms with Crippen LogP contribution < -0.4 is 0 Å². The van der Waals surface area contributed by atoms with Gasteiger partial charge in [0.25, 0.3) is 6.47 Å². The van der Waals surface area contributed by atoms with Gasteiger partial charge in [0, 0.05) is 13.0 Å². The Balaban J connectivity index is 3.40. The van der Waals surface area contributed by atoms with Crippen LogP contribution in [0.1, 0.15) is 6.42 Å². The first-order chi connectivity index (χ1) is 4.35. The molecule has 0 amide bonds. The van der Waals surface area contributed by atoms with Crippen LogP contribution in [0, 0.1) is 0 Å². The van der Waals surface area contributed by atoms with Crippen LogP contribution in [0.3, 0.4) is 0 Å². The second-order valence-electron chi connectivity index (χ2n) is 1.42. The van der Waals surface area contributed by atoms with Crippen LogP contribution in [0.4, 0.5) is 0 Å². The zero-order chi connectivity index (χ0) is 7.11. The number of carbonyl (C=O) groups excluding carboxylic acids is 2. The lowest BCUT2D eigenvalue weighted by molar-refractivity contribution is -0.139.